The highest BCUT2D eigenvalue weighted by Gasteiger charge is 2.29. The van der Waals surface area contributed by atoms with Crippen molar-refractivity contribution >= 4 is 29.1 Å². The van der Waals surface area contributed by atoms with E-state index in [0.717, 1.165) is 37.8 Å². The van der Waals surface area contributed by atoms with E-state index in [9.17, 15) is 0 Å². The Kier molecular flexibility index (Phi) is 7.23. The third-order valence-electron chi connectivity index (χ3n) is 2.88. The maximum atomic E-state index is 5.27. The van der Waals surface area contributed by atoms with Gasteiger partial charge in [-0.1, -0.05) is 0 Å². The minimum atomic E-state index is 0.372. The van der Waals surface area contributed by atoms with E-state index in [1.165, 1.54) is 18.6 Å². The van der Waals surface area contributed by atoms with Gasteiger partial charge in [-0.3, -0.25) is 0 Å². The van der Waals surface area contributed by atoms with Gasteiger partial charge < -0.3 is 15.4 Å². The van der Waals surface area contributed by atoms with E-state index in [-0.39, 0.29) is 0 Å². The second-order valence-electron chi connectivity index (χ2n) is 4.56. The van der Waals surface area contributed by atoms with Gasteiger partial charge in [-0.15, -0.1) is 0 Å². The summed E-state index contributed by atoms with van der Waals surface area (Å²) in [5.41, 5.74) is 0. The largest absolute Gasteiger partial charge is 0.382 e. The van der Waals surface area contributed by atoms with Crippen molar-refractivity contribution in [2.24, 2.45) is 0 Å². The number of ether oxygens (including phenoxy) is 1. The third kappa shape index (κ3) is 6.48. The molecule has 1 atom stereocenters. The molecule has 17 heavy (non-hydrogen) atoms. The Morgan fingerprint density at radius 1 is 1.47 bits per heavy atom. The van der Waals surface area contributed by atoms with Crippen LogP contribution in [0.5, 0.6) is 0 Å². The van der Waals surface area contributed by atoms with Crippen LogP contribution in [0.4, 0.5) is 0 Å². The van der Waals surface area contributed by atoms with Crippen molar-refractivity contribution in [3.05, 3.63) is 0 Å². The van der Waals surface area contributed by atoms with Crippen molar-refractivity contribution < 1.29 is 4.74 Å². The summed E-state index contributed by atoms with van der Waals surface area (Å²) in [5.74, 6) is 1.28. The van der Waals surface area contributed by atoms with E-state index in [1.54, 1.807) is 0 Å². The monoisotopic (exact) mass is 276 g/mol. The maximum absolute atomic E-state index is 5.27. The molecule has 3 nitrogen and oxygen atoms in total. The van der Waals surface area contributed by atoms with Gasteiger partial charge in [0.15, 0.2) is 5.11 Å². The molecule has 1 aliphatic heterocycles. The van der Waals surface area contributed by atoms with Crippen LogP contribution in [0.1, 0.15) is 33.1 Å². The zero-order chi connectivity index (χ0) is 12.6. The lowest BCUT2D eigenvalue weighted by atomic mass is 10.1. The maximum Gasteiger partial charge on any atom is 0.166 e. The average molecular weight is 276 g/mol. The highest BCUT2D eigenvalue weighted by atomic mass is 32.2. The lowest BCUT2D eigenvalue weighted by Crippen LogP contribution is -2.42. The van der Waals surface area contributed by atoms with Crippen molar-refractivity contribution in [3.8, 4) is 0 Å². The Bertz CT molecular complexity index is 231. The van der Waals surface area contributed by atoms with Crippen molar-refractivity contribution in [1.82, 2.24) is 10.6 Å². The van der Waals surface area contributed by atoms with Crippen LogP contribution in [0.2, 0.25) is 0 Å². The van der Waals surface area contributed by atoms with Crippen LogP contribution in [-0.2, 0) is 4.74 Å². The fraction of sp³-hybridized carbons (Fsp3) is 0.917. The number of hydrogen-bond donors (Lipinski definition) is 2. The second kappa shape index (κ2) is 8.16. The first-order chi connectivity index (χ1) is 8.16. The standard InChI is InChI=1S/C12H24N2OS2/c1-3-15-8-5-7-13-11(16)14-10-12(2)6-4-9-17-12/h3-10H2,1-2H3,(H2,13,14,16). The number of thiocarbonyl (C=S) groups is 1. The van der Waals surface area contributed by atoms with E-state index in [1.807, 2.05) is 6.92 Å². The number of thioether (sulfide) groups is 1. The quantitative estimate of drug-likeness (QED) is 0.550. The molecule has 0 aromatic rings. The van der Waals surface area contributed by atoms with Gasteiger partial charge in [-0.05, 0) is 51.1 Å². The van der Waals surface area contributed by atoms with Crippen LogP contribution in [0.15, 0.2) is 0 Å². The zero-order valence-corrected chi connectivity index (χ0v) is 12.5. The third-order valence-corrected chi connectivity index (χ3v) is 4.71. The molecule has 100 valence electrons. The smallest absolute Gasteiger partial charge is 0.166 e. The molecular weight excluding hydrogens is 252 g/mol. The van der Waals surface area contributed by atoms with Gasteiger partial charge in [0.25, 0.3) is 0 Å². The molecule has 0 aromatic carbocycles. The average Bonchev–Trinajstić information content (AvgIpc) is 2.74. The summed E-state index contributed by atoms with van der Waals surface area (Å²) >= 11 is 7.30. The fourth-order valence-corrected chi connectivity index (χ4v) is 3.25. The Labute approximate surface area is 114 Å². The van der Waals surface area contributed by atoms with Crippen molar-refractivity contribution in [3.63, 3.8) is 0 Å². The van der Waals surface area contributed by atoms with Crippen LogP contribution < -0.4 is 10.6 Å². The van der Waals surface area contributed by atoms with Crippen molar-refractivity contribution in [2.75, 3.05) is 32.1 Å². The lowest BCUT2D eigenvalue weighted by Gasteiger charge is -2.24. The van der Waals surface area contributed by atoms with E-state index >= 15 is 0 Å². The molecule has 1 saturated heterocycles. The summed E-state index contributed by atoms with van der Waals surface area (Å²) < 4.78 is 5.64. The molecule has 1 aliphatic rings. The summed E-state index contributed by atoms with van der Waals surface area (Å²) in [6, 6.07) is 0. The molecule has 0 radical (unpaired) electrons. The summed E-state index contributed by atoms with van der Waals surface area (Å²) in [6.45, 7) is 7.78. The molecule has 0 spiro atoms. The molecule has 0 bridgehead atoms. The number of nitrogens with one attached hydrogen (secondary N) is 2. The Morgan fingerprint density at radius 2 is 2.29 bits per heavy atom. The molecule has 1 rings (SSSR count). The van der Waals surface area contributed by atoms with Crippen LogP contribution >= 0.6 is 24.0 Å². The minimum Gasteiger partial charge on any atom is -0.382 e. The molecule has 0 aromatic heterocycles. The highest BCUT2D eigenvalue weighted by molar-refractivity contribution is 8.00. The highest BCUT2D eigenvalue weighted by Crippen LogP contribution is 2.36. The normalized spacial score (nSPS) is 23.6. The molecule has 0 aliphatic carbocycles. The first kappa shape index (κ1) is 15.1. The molecule has 0 amide bonds. The van der Waals surface area contributed by atoms with Gasteiger partial charge in [0, 0.05) is 31.1 Å². The van der Waals surface area contributed by atoms with Crippen LogP contribution in [-0.4, -0.2) is 41.9 Å². The predicted molar refractivity (Wildman–Crippen MR) is 79.8 cm³/mol. The van der Waals surface area contributed by atoms with Gasteiger partial charge >= 0.3 is 0 Å². The first-order valence-corrected chi connectivity index (χ1v) is 7.79. The fourth-order valence-electron chi connectivity index (χ4n) is 1.83. The van der Waals surface area contributed by atoms with Crippen molar-refractivity contribution in [2.45, 2.75) is 37.9 Å². The molecule has 1 fully saturated rings. The van der Waals surface area contributed by atoms with Gasteiger partial charge in [-0.25, -0.2) is 0 Å². The van der Waals surface area contributed by atoms with E-state index < -0.39 is 0 Å². The predicted octanol–water partition coefficient (Wildman–Crippen LogP) is 2.16. The minimum absolute atomic E-state index is 0.372. The molecule has 2 N–H and O–H groups in total. The van der Waals surface area contributed by atoms with Crippen LogP contribution in [0, 0.1) is 0 Å². The van der Waals surface area contributed by atoms with Crippen LogP contribution in [0.3, 0.4) is 0 Å². The number of rotatable bonds is 7. The van der Waals surface area contributed by atoms with E-state index in [4.69, 9.17) is 17.0 Å². The summed E-state index contributed by atoms with van der Waals surface area (Å²) in [5, 5.41) is 7.30. The van der Waals surface area contributed by atoms with E-state index in [0.29, 0.717) is 4.75 Å². The second-order valence-corrected chi connectivity index (χ2v) is 6.65. The zero-order valence-electron chi connectivity index (χ0n) is 10.9. The molecular formula is C12H24N2OS2. The first-order valence-electron chi connectivity index (χ1n) is 6.40. The van der Waals surface area contributed by atoms with Crippen LogP contribution in [0.25, 0.3) is 0 Å². The Morgan fingerprint density at radius 3 is 2.94 bits per heavy atom. The molecule has 0 saturated carbocycles. The molecule has 1 heterocycles. The summed E-state index contributed by atoms with van der Waals surface area (Å²) in [4.78, 5) is 0. The summed E-state index contributed by atoms with van der Waals surface area (Å²) in [7, 11) is 0. The van der Waals surface area contributed by atoms with Gasteiger partial charge in [0.1, 0.15) is 0 Å². The SMILES string of the molecule is CCOCCCNC(=S)NCC1(C)CCCS1. The van der Waals surface area contributed by atoms with Crippen molar-refractivity contribution in [1.29, 1.82) is 0 Å². The Balaban J connectivity index is 2.01. The topological polar surface area (TPSA) is 33.3 Å². The summed E-state index contributed by atoms with van der Waals surface area (Å²) in [6.07, 6.45) is 3.62. The van der Waals surface area contributed by atoms with Gasteiger partial charge in [0.05, 0.1) is 0 Å². The molecule has 1 unspecified atom stereocenters. The van der Waals surface area contributed by atoms with E-state index in [2.05, 4.69) is 29.3 Å². The lowest BCUT2D eigenvalue weighted by molar-refractivity contribution is 0.145. The van der Waals surface area contributed by atoms with Gasteiger partial charge in [-0.2, -0.15) is 11.8 Å². The Hall–Kier alpha value is 0. The molecule has 5 heteroatoms. The van der Waals surface area contributed by atoms with Gasteiger partial charge in [0.2, 0.25) is 0 Å². The number of hydrogen-bond acceptors (Lipinski definition) is 3.